The normalized spacial score (nSPS) is 19.8. The standard InChI is InChI=1S/C15H23N3O/c1-10-6-5-7-18(10)14(19)11-8-12(15(2,3)4)17-13(16)9-11/h8-10H,5-7H2,1-4H3,(H2,16,17). The summed E-state index contributed by atoms with van der Waals surface area (Å²) in [6, 6.07) is 3.88. The van der Waals surface area contributed by atoms with E-state index in [1.54, 1.807) is 6.07 Å². The summed E-state index contributed by atoms with van der Waals surface area (Å²) in [5, 5.41) is 0. The van der Waals surface area contributed by atoms with Gasteiger partial charge in [-0.25, -0.2) is 4.98 Å². The predicted molar refractivity (Wildman–Crippen MR) is 77.1 cm³/mol. The van der Waals surface area contributed by atoms with Gasteiger partial charge in [0.05, 0.1) is 0 Å². The van der Waals surface area contributed by atoms with Gasteiger partial charge in [0.1, 0.15) is 5.82 Å². The molecule has 1 aromatic rings. The molecule has 0 saturated carbocycles. The summed E-state index contributed by atoms with van der Waals surface area (Å²) in [6.07, 6.45) is 2.16. The van der Waals surface area contributed by atoms with E-state index in [1.807, 2.05) is 11.0 Å². The smallest absolute Gasteiger partial charge is 0.254 e. The number of pyridine rings is 1. The Morgan fingerprint density at radius 1 is 1.42 bits per heavy atom. The number of hydrogen-bond acceptors (Lipinski definition) is 3. The predicted octanol–water partition coefficient (Wildman–Crippen LogP) is 2.59. The fourth-order valence-corrected chi connectivity index (χ4v) is 2.46. The van der Waals surface area contributed by atoms with Gasteiger partial charge in [-0.15, -0.1) is 0 Å². The molecular formula is C15H23N3O. The lowest BCUT2D eigenvalue weighted by atomic mass is 9.90. The summed E-state index contributed by atoms with van der Waals surface area (Å²) in [6.45, 7) is 9.15. The van der Waals surface area contributed by atoms with E-state index in [1.165, 1.54) is 0 Å². The molecule has 1 atom stereocenters. The van der Waals surface area contributed by atoms with Gasteiger partial charge in [0.25, 0.3) is 5.91 Å². The Labute approximate surface area is 115 Å². The van der Waals surface area contributed by atoms with Crippen LogP contribution in [0.25, 0.3) is 0 Å². The van der Waals surface area contributed by atoms with Crippen LogP contribution in [0.2, 0.25) is 0 Å². The maximum absolute atomic E-state index is 12.5. The number of carbonyl (C=O) groups is 1. The van der Waals surface area contributed by atoms with Crippen LogP contribution in [0, 0.1) is 0 Å². The number of nitrogens with zero attached hydrogens (tertiary/aromatic N) is 2. The fourth-order valence-electron chi connectivity index (χ4n) is 2.46. The summed E-state index contributed by atoms with van der Waals surface area (Å²) in [5.74, 6) is 0.493. The molecule has 1 saturated heterocycles. The zero-order valence-electron chi connectivity index (χ0n) is 12.2. The van der Waals surface area contributed by atoms with Crippen molar-refractivity contribution in [2.45, 2.75) is 52.0 Å². The van der Waals surface area contributed by atoms with Gasteiger partial charge in [-0.05, 0) is 31.9 Å². The lowest BCUT2D eigenvalue weighted by Crippen LogP contribution is -2.34. The second kappa shape index (κ2) is 4.83. The van der Waals surface area contributed by atoms with E-state index in [9.17, 15) is 4.79 Å². The van der Waals surface area contributed by atoms with Crippen LogP contribution in [0.5, 0.6) is 0 Å². The first kappa shape index (κ1) is 13.8. The molecule has 1 aliphatic rings. The topological polar surface area (TPSA) is 59.2 Å². The molecule has 2 heterocycles. The van der Waals surface area contributed by atoms with Gasteiger partial charge < -0.3 is 10.6 Å². The SMILES string of the molecule is CC1CCCN1C(=O)c1cc(N)nc(C(C)(C)C)c1. The Morgan fingerprint density at radius 2 is 2.11 bits per heavy atom. The Balaban J connectivity index is 2.34. The van der Waals surface area contributed by atoms with Crippen LogP contribution in [-0.2, 0) is 5.41 Å². The quantitative estimate of drug-likeness (QED) is 0.845. The lowest BCUT2D eigenvalue weighted by molar-refractivity contribution is 0.0747. The molecule has 0 spiro atoms. The van der Waals surface area contributed by atoms with E-state index >= 15 is 0 Å². The monoisotopic (exact) mass is 261 g/mol. The van der Waals surface area contributed by atoms with Crippen molar-refractivity contribution in [3.8, 4) is 0 Å². The molecule has 4 heteroatoms. The molecule has 1 unspecified atom stereocenters. The highest BCUT2D eigenvalue weighted by Crippen LogP contribution is 2.25. The highest BCUT2D eigenvalue weighted by molar-refractivity contribution is 5.95. The van der Waals surface area contributed by atoms with Crippen LogP contribution in [0.3, 0.4) is 0 Å². The summed E-state index contributed by atoms with van der Waals surface area (Å²) < 4.78 is 0. The van der Waals surface area contributed by atoms with E-state index < -0.39 is 0 Å². The van der Waals surface area contributed by atoms with Crippen molar-refractivity contribution in [1.82, 2.24) is 9.88 Å². The molecule has 0 aliphatic carbocycles. The minimum Gasteiger partial charge on any atom is -0.384 e. The van der Waals surface area contributed by atoms with Gasteiger partial charge in [-0.2, -0.15) is 0 Å². The highest BCUT2D eigenvalue weighted by atomic mass is 16.2. The molecule has 19 heavy (non-hydrogen) atoms. The summed E-state index contributed by atoms with van der Waals surface area (Å²) in [4.78, 5) is 18.8. The number of rotatable bonds is 1. The van der Waals surface area contributed by atoms with Gasteiger partial charge in [0.15, 0.2) is 0 Å². The highest BCUT2D eigenvalue weighted by Gasteiger charge is 2.27. The van der Waals surface area contributed by atoms with Crippen LogP contribution in [0.15, 0.2) is 12.1 Å². The van der Waals surface area contributed by atoms with Gasteiger partial charge in [-0.3, -0.25) is 4.79 Å². The molecule has 1 aromatic heterocycles. The van der Waals surface area contributed by atoms with Crippen molar-refractivity contribution in [2.24, 2.45) is 0 Å². The maximum atomic E-state index is 12.5. The summed E-state index contributed by atoms with van der Waals surface area (Å²) in [7, 11) is 0. The molecule has 0 aromatic carbocycles. The van der Waals surface area contributed by atoms with Crippen molar-refractivity contribution in [2.75, 3.05) is 12.3 Å². The molecule has 0 radical (unpaired) electrons. The molecule has 2 rings (SSSR count). The molecule has 1 aliphatic heterocycles. The van der Waals surface area contributed by atoms with Gasteiger partial charge in [0, 0.05) is 29.3 Å². The van der Waals surface area contributed by atoms with E-state index in [2.05, 4.69) is 32.7 Å². The number of hydrogen-bond donors (Lipinski definition) is 1. The summed E-state index contributed by atoms with van der Waals surface area (Å²) >= 11 is 0. The molecule has 2 N–H and O–H groups in total. The van der Waals surface area contributed by atoms with E-state index in [4.69, 9.17) is 5.73 Å². The van der Waals surface area contributed by atoms with Crippen molar-refractivity contribution in [3.05, 3.63) is 23.4 Å². The third kappa shape index (κ3) is 2.88. The van der Waals surface area contributed by atoms with Crippen LogP contribution < -0.4 is 5.73 Å². The van der Waals surface area contributed by atoms with Crippen molar-refractivity contribution >= 4 is 11.7 Å². The van der Waals surface area contributed by atoms with Crippen molar-refractivity contribution in [3.63, 3.8) is 0 Å². The van der Waals surface area contributed by atoms with Crippen LogP contribution >= 0.6 is 0 Å². The van der Waals surface area contributed by atoms with Crippen LogP contribution in [0.4, 0.5) is 5.82 Å². The average molecular weight is 261 g/mol. The van der Waals surface area contributed by atoms with Crippen LogP contribution in [0.1, 0.15) is 56.6 Å². The third-order valence-corrected chi connectivity index (χ3v) is 3.67. The Bertz CT molecular complexity index is 491. The average Bonchev–Trinajstić information content (AvgIpc) is 2.72. The Morgan fingerprint density at radius 3 is 2.63 bits per heavy atom. The first-order valence-electron chi connectivity index (χ1n) is 6.88. The third-order valence-electron chi connectivity index (χ3n) is 3.67. The molecule has 0 bridgehead atoms. The first-order valence-corrected chi connectivity index (χ1v) is 6.88. The number of amides is 1. The number of aromatic nitrogens is 1. The van der Waals surface area contributed by atoms with Crippen molar-refractivity contribution in [1.29, 1.82) is 0 Å². The zero-order valence-corrected chi connectivity index (χ0v) is 12.2. The second-order valence-electron chi connectivity index (χ2n) is 6.41. The molecular weight excluding hydrogens is 238 g/mol. The number of carbonyl (C=O) groups excluding carboxylic acids is 1. The zero-order chi connectivity index (χ0) is 14.2. The van der Waals surface area contributed by atoms with E-state index in [-0.39, 0.29) is 11.3 Å². The molecule has 1 amide bonds. The van der Waals surface area contributed by atoms with E-state index in [0.717, 1.165) is 25.1 Å². The number of nitrogens with two attached hydrogens (primary N) is 1. The minimum atomic E-state index is -0.110. The van der Waals surface area contributed by atoms with E-state index in [0.29, 0.717) is 17.4 Å². The minimum absolute atomic E-state index is 0.0737. The Hall–Kier alpha value is -1.58. The number of anilines is 1. The maximum Gasteiger partial charge on any atom is 0.254 e. The fraction of sp³-hybridized carbons (Fsp3) is 0.600. The van der Waals surface area contributed by atoms with Gasteiger partial charge in [0.2, 0.25) is 0 Å². The molecule has 104 valence electrons. The van der Waals surface area contributed by atoms with Gasteiger partial charge in [-0.1, -0.05) is 20.8 Å². The number of nitrogen functional groups attached to an aromatic ring is 1. The largest absolute Gasteiger partial charge is 0.384 e. The molecule has 1 fully saturated rings. The van der Waals surface area contributed by atoms with Crippen LogP contribution in [-0.4, -0.2) is 28.4 Å². The number of likely N-dealkylation sites (tertiary alicyclic amines) is 1. The van der Waals surface area contributed by atoms with Gasteiger partial charge >= 0.3 is 0 Å². The van der Waals surface area contributed by atoms with Crippen molar-refractivity contribution < 1.29 is 4.79 Å². The molecule has 4 nitrogen and oxygen atoms in total. The summed E-state index contributed by atoms with van der Waals surface area (Å²) in [5.41, 5.74) is 7.26. The second-order valence-corrected chi connectivity index (χ2v) is 6.41. The first-order chi connectivity index (χ1) is 8.79. The lowest BCUT2D eigenvalue weighted by Gasteiger charge is -2.23. The Kier molecular flexibility index (Phi) is 3.52.